The molecule has 0 fully saturated rings. The average molecular weight is 139 g/mol. The maximum absolute atomic E-state index is 4.04. The van der Waals surface area contributed by atoms with E-state index < -0.39 is 0 Å². The maximum atomic E-state index is 4.04. The van der Waals surface area contributed by atoms with Crippen LogP contribution in [0, 0.1) is 0 Å². The standard InChI is InChI=1S/C7H13N3/c1-3-4-7(2)10-8-5-6-9-10/h5-7H,3-4H2,1-2H3. The van der Waals surface area contributed by atoms with Gasteiger partial charge in [-0.25, -0.2) is 0 Å². The van der Waals surface area contributed by atoms with Gasteiger partial charge in [0, 0.05) is 0 Å². The Kier molecular flexibility index (Phi) is 2.42. The lowest BCUT2D eigenvalue weighted by Gasteiger charge is -2.07. The van der Waals surface area contributed by atoms with E-state index >= 15 is 0 Å². The van der Waals surface area contributed by atoms with Crippen LogP contribution in [0.25, 0.3) is 0 Å². The van der Waals surface area contributed by atoms with Crippen molar-refractivity contribution >= 4 is 0 Å². The molecule has 0 radical (unpaired) electrons. The molecular weight excluding hydrogens is 126 g/mol. The van der Waals surface area contributed by atoms with Gasteiger partial charge in [0.15, 0.2) is 0 Å². The lowest BCUT2D eigenvalue weighted by molar-refractivity contribution is 0.406. The van der Waals surface area contributed by atoms with Crippen LogP contribution in [0.4, 0.5) is 0 Å². The molecule has 0 N–H and O–H groups in total. The summed E-state index contributed by atoms with van der Waals surface area (Å²) in [6.45, 7) is 4.30. The summed E-state index contributed by atoms with van der Waals surface area (Å²) in [7, 11) is 0. The van der Waals surface area contributed by atoms with Crippen molar-refractivity contribution < 1.29 is 0 Å². The molecule has 0 spiro atoms. The molecule has 0 saturated carbocycles. The van der Waals surface area contributed by atoms with Crippen LogP contribution in [0.5, 0.6) is 0 Å². The predicted molar refractivity (Wildman–Crippen MR) is 39.6 cm³/mol. The van der Waals surface area contributed by atoms with E-state index in [1.807, 2.05) is 0 Å². The van der Waals surface area contributed by atoms with Crippen molar-refractivity contribution in [2.24, 2.45) is 0 Å². The Bertz CT molecular complexity index is 169. The van der Waals surface area contributed by atoms with Gasteiger partial charge in [0.05, 0.1) is 18.4 Å². The Morgan fingerprint density at radius 1 is 1.40 bits per heavy atom. The first-order valence-electron chi connectivity index (χ1n) is 3.70. The summed E-state index contributed by atoms with van der Waals surface area (Å²) in [5.74, 6) is 0. The molecule has 1 aromatic heterocycles. The summed E-state index contributed by atoms with van der Waals surface area (Å²) in [5, 5.41) is 8.08. The van der Waals surface area contributed by atoms with Crippen molar-refractivity contribution in [1.82, 2.24) is 15.0 Å². The minimum Gasteiger partial charge on any atom is -0.182 e. The predicted octanol–water partition coefficient (Wildman–Crippen LogP) is 1.64. The Hall–Kier alpha value is -0.860. The second kappa shape index (κ2) is 3.34. The van der Waals surface area contributed by atoms with Gasteiger partial charge < -0.3 is 0 Å². The summed E-state index contributed by atoms with van der Waals surface area (Å²) in [6.07, 6.45) is 5.76. The largest absolute Gasteiger partial charge is 0.182 e. The van der Waals surface area contributed by atoms with E-state index in [0.29, 0.717) is 6.04 Å². The van der Waals surface area contributed by atoms with Gasteiger partial charge in [-0.2, -0.15) is 15.0 Å². The van der Waals surface area contributed by atoms with Crippen molar-refractivity contribution in [3.8, 4) is 0 Å². The monoisotopic (exact) mass is 139 g/mol. The van der Waals surface area contributed by atoms with Gasteiger partial charge in [-0.15, -0.1) is 0 Å². The number of nitrogens with zero attached hydrogens (tertiary/aromatic N) is 3. The van der Waals surface area contributed by atoms with Crippen molar-refractivity contribution in [2.75, 3.05) is 0 Å². The lowest BCUT2D eigenvalue weighted by atomic mass is 10.2. The zero-order valence-electron chi connectivity index (χ0n) is 6.49. The molecule has 56 valence electrons. The van der Waals surface area contributed by atoms with Crippen LogP contribution in [-0.4, -0.2) is 15.0 Å². The number of rotatable bonds is 3. The third-order valence-corrected chi connectivity index (χ3v) is 1.54. The summed E-state index contributed by atoms with van der Waals surface area (Å²) < 4.78 is 0. The zero-order chi connectivity index (χ0) is 7.40. The van der Waals surface area contributed by atoms with E-state index in [2.05, 4.69) is 24.0 Å². The van der Waals surface area contributed by atoms with Gasteiger partial charge in [-0.3, -0.25) is 0 Å². The molecule has 0 amide bonds. The summed E-state index contributed by atoms with van der Waals surface area (Å²) >= 11 is 0. The highest BCUT2D eigenvalue weighted by atomic mass is 15.5. The van der Waals surface area contributed by atoms with Crippen molar-refractivity contribution in [3.05, 3.63) is 12.4 Å². The molecule has 0 aliphatic heterocycles. The van der Waals surface area contributed by atoms with Gasteiger partial charge in [-0.1, -0.05) is 13.3 Å². The molecule has 1 rings (SSSR count). The van der Waals surface area contributed by atoms with E-state index in [-0.39, 0.29) is 0 Å². The lowest BCUT2D eigenvalue weighted by Crippen LogP contribution is -2.07. The fraction of sp³-hybridized carbons (Fsp3) is 0.714. The molecule has 0 saturated heterocycles. The first-order chi connectivity index (χ1) is 4.84. The minimum atomic E-state index is 0.444. The van der Waals surface area contributed by atoms with E-state index in [0.717, 1.165) is 6.42 Å². The zero-order valence-corrected chi connectivity index (χ0v) is 6.49. The van der Waals surface area contributed by atoms with Gasteiger partial charge >= 0.3 is 0 Å². The third-order valence-electron chi connectivity index (χ3n) is 1.54. The Labute approximate surface area is 61.1 Å². The van der Waals surface area contributed by atoms with Crippen LogP contribution in [0.3, 0.4) is 0 Å². The smallest absolute Gasteiger partial charge is 0.0693 e. The molecule has 3 heteroatoms. The maximum Gasteiger partial charge on any atom is 0.0693 e. The summed E-state index contributed by atoms with van der Waals surface area (Å²) in [4.78, 5) is 1.75. The fourth-order valence-electron chi connectivity index (χ4n) is 0.987. The van der Waals surface area contributed by atoms with Crippen LogP contribution in [0.15, 0.2) is 12.4 Å². The highest BCUT2D eigenvalue weighted by Crippen LogP contribution is 2.07. The first-order valence-corrected chi connectivity index (χ1v) is 3.70. The van der Waals surface area contributed by atoms with Gasteiger partial charge in [-0.05, 0) is 13.3 Å². The van der Waals surface area contributed by atoms with E-state index in [1.165, 1.54) is 6.42 Å². The van der Waals surface area contributed by atoms with E-state index in [1.54, 1.807) is 17.2 Å². The Morgan fingerprint density at radius 2 is 2.00 bits per heavy atom. The molecule has 0 bridgehead atoms. The van der Waals surface area contributed by atoms with Crippen molar-refractivity contribution in [1.29, 1.82) is 0 Å². The third kappa shape index (κ3) is 1.56. The van der Waals surface area contributed by atoms with Crippen molar-refractivity contribution in [3.63, 3.8) is 0 Å². The van der Waals surface area contributed by atoms with Crippen LogP contribution in [0.2, 0.25) is 0 Å². The molecule has 1 aromatic rings. The second-order valence-corrected chi connectivity index (χ2v) is 2.49. The van der Waals surface area contributed by atoms with E-state index in [9.17, 15) is 0 Å². The normalized spacial score (nSPS) is 13.4. The van der Waals surface area contributed by atoms with Gasteiger partial charge in [0.2, 0.25) is 0 Å². The highest BCUT2D eigenvalue weighted by molar-refractivity contribution is 4.64. The van der Waals surface area contributed by atoms with Crippen LogP contribution in [-0.2, 0) is 0 Å². The SMILES string of the molecule is CCCC(C)n1nccn1. The summed E-state index contributed by atoms with van der Waals surface area (Å²) in [5.41, 5.74) is 0. The molecule has 1 unspecified atom stereocenters. The van der Waals surface area contributed by atoms with Gasteiger partial charge in [0.25, 0.3) is 0 Å². The molecule has 0 aliphatic rings. The van der Waals surface area contributed by atoms with Gasteiger partial charge in [0.1, 0.15) is 0 Å². The number of hydrogen-bond donors (Lipinski definition) is 0. The number of aromatic nitrogens is 3. The fourth-order valence-corrected chi connectivity index (χ4v) is 0.987. The molecule has 1 heterocycles. The Balaban J connectivity index is 2.50. The average Bonchev–Trinajstić information content (AvgIpc) is 2.38. The minimum absolute atomic E-state index is 0.444. The molecule has 0 aliphatic carbocycles. The molecule has 10 heavy (non-hydrogen) atoms. The van der Waals surface area contributed by atoms with E-state index in [4.69, 9.17) is 0 Å². The molecule has 1 atom stereocenters. The molecular formula is C7H13N3. The molecule has 3 nitrogen and oxygen atoms in total. The number of hydrogen-bond acceptors (Lipinski definition) is 2. The van der Waals surface area contributed by atoms with Crippen molar-refractivity contribution in [2.45, 2.75) is 32.7 Å². The first kappa shape index (κ1) is 7.25. The Morgan fingerprint density at radius 3 is 2.50 bits per heavy atom. The highest BCUT2D eigenvalue weighted by Gasteiger charge is 2.01. The quantitative estimate of drug-likeness (QED) is 0.637. The topological polar surface area (TPSA) is 30.7 Å². The van der Waals surface area contributed by atoms with Crippen LogP contribution in [0.1, 0.15) is 32.7 Å². The molecule has 0 aromatic carbocycles. The van der Waals surface area contributed by atoms with Crippen LogP contribution < -0.4 is 0 Å². The van der Waals surface area contributed by atoms with Crippen LogP contribution >= 0.6 is 0 Å². The summed E-state index contributed by atoms with van der Waals surface area (Å²) in [6, 6.07) is 0.444. The second-order valence-electron chi connectivity index (χ2n) is 2.49.